The normalized spacial score (nSPS) is 39.3. The number of phenolic OH excluding ortho intramolecular Hbond substituents is 1. The molecule has 1 aromatic carbocycles. The lowest BCUT2D eigenvalue weighted by Crippen LogP contribution is -2.65. The highest BCUT2D eigenvalue weighted by molar-refractivity contribution is 6.07. The van der Waals surface area contributed by atoms with Crippen LogP contribution in [-0.4, -0.2) is 47.1 Å². The van der Waals surface area contributed by atoms with Gasteiger partial charge in [-0.1, -0.05) is 6.07 Å². The molecule has 2 saturated carbocycles. The first kappa shape index (κ1) is 16.8. The number of carbonyl (C=O) groups excluding carboxylic acids is 2. The van der Waals surface area contributed by atoms with E-state index in [1.165, 1.54) is 30.5 Å². The predicted molar refractivity (Wildman–Crippen MR) is 103 cm³/mol. The monoisotopic (exact) mass is 381 g/mol. The lowest BCUT2D eigenvalue weighted by molar-refractivity contribution is -0.130. The third-order valence-electron chi connectivity index (χ3n) is 8.40. The lowest BCUT2D eigenvalue weighted by atomic mass is 9.49. The number of urea groups is 1. The Hall–Kier alpha value is -2.08. The van der Waals surface area contributed by atoms with Crippen molar-refractivity contribution in [2.24, 2.45) is 11.3 Å². The van der Waals surface area contributed by atoms with Gasteiger partial charge in [-0.25, -0.2) is 4.79 Å². The van der Waals surface area contributed by atoms with Gasteiger partial charge in [0, 0.05) is 18.5 Å². The van der Waals surface area contributed by atoms with Gasteiger partial charge in [-0.15, -0.1) is 0 Å². The summed E-state index contributed by atoms with van der Waals surface area (Å²) in [6, 6.07) is 5.43. The van der Waals surface area contributed by atoms with E-state index in [4.69, 9.17) is 0 Å². The second kappa shape index (κ2) is 5.29. The second-order valence-electron chi connectivity index (χ2n) is 9.98. The number of imide groups is 1. The van der Waals surface area contributed by atoms with E-state index < -0.39 is 5.54 Å². The summed E-state index contributed by atoms with van der Waals surface area (Å²) >= 11 is 0. The zero-order valence-electron chi connectivity index (χ0n) is 16.1. The van der Waals surface area contributed by atoms with Crippen LogP contribution in [0.25, 0.3) is 0 Å². The van der Waals surface area contributed by atoms with E-state index in [1.807, 2.05) is 6.07 Å². The highest BCUT2D eigenvalue weighted by Crippen LogP contribution is 2.65. The number of hydrogen-bond acceptors (Lipinski definition) is 4. The minimum atomic E-state index is -0.799. The molecule has 3 atom stereocenters. The van der Waals surface area contributed by atoms with Crippen LogP contribution in [0.3, 0.4) is 0 Å². The zero-order chi connectivity index (χ0) is 19.1. The van der Waals surface area contributed by atoms with Crippen molar-refractivity contribution in [1.29, 1.82) is 0 Å². The highest BCUT2D eigenvalue weighted by Gasteiger charge is 2.67. The van der Waals surface area contributed by atoms with Crippen LogP contribution < -0.4 is 10.6 Å². The number of nitrogens with one attached hydrogen (secondary N) is 2. The Balaban J connectivity index is 1.44. The van der Waals surface area contributed by atoms with E-state index in [0.29, 0.717) is 18.6 Å². The van der Waals surface area contributed by atoms with Crippen LogP contribution in [0, 0.1) is 11.3 Å². The fraction of sp³-hybridized carbons (Fsp3) is 0.636. The van der Waals surface area contributed by atoms with Gasteiger partial charge in [0.25, 0.3) is 5.91 Å². The fourth-order valence-electron chi connectivity index (χ4n) is 6.93. The third-order valence-corrected chi connectivity index (χ3v) is 8.40. The van der Waals surface area contributed by atoms with Crippen molar-refractivity contribution in [3.05, 3.63) is 29.3 Å². The van der Waals surface area contributed by atoms with Crippen molar-refractivity contribution in [3.8, 4) is 5.75 Å². The summed E-state index contributed by atoms with van der Waals surface area (Å²) in [6.07, 6.45) is 6.98. The van der Waals surface area contributed by atoms with Gasteiger partial charge in [0.15, 0.2) is 0 Å². The van der Waals surface area contributed by atoms with E-state index in [-0.39, 0.29) is 22.8 Å². The largest absolute Gasteiger partial charge is 0.508 e. The summed E-state index contributed by atoms with van der Waals surface area (Å²) < 4.78 is 0. The molecule has 4 fully saturated rings. The molecule has 6 rings (SSSR count). The summed E-state index contributed by atoms with van der Waals surface area (Å²) in [4.78, 5) is 27.4. The summed E-state index contributed by atoms with van der Waals surface area (Å²) in [5, 5.41) is 15.7. The molecule has 6 heteroatoms. The quantitative estimate of drug-likeness (QED) is 0.685. The Morgan fingerprint density at radius 2 is 2.04 bits per heavy atom. The van der Waals surface area contributed by atoms with Crippen molar-refractivity contribution >= 4 is 11.9 Å². The Morgan fingerprint density at radius 1 is 1.18 bits per heavy atom. The number of piperidine rings is 1. The van der Waals surface area contributed by atoms with Crippen LogP contribution in [0.5, 0.6) is 5.75 Å². The molecule has 0 radical (unpaired) electrons. The van der Waals surface area contributed by atoms with Crippen LogP contribution in [0.4, 0.5) is 4.79 Å². The highest BCUT2D eigenvalue weighted by atomic mass is 16.3. The van der Waals surface area contributed by atoms with Gasteiger partial charge in [-0.2, -0.15) is 0 Å². The van der Waals surface area contributed by atoms with Gasteiger partial charge < -0.3 is 15.3 Å². The number of rotatable bonds is 2. The number of carbonyl (C=O) groups is 2. The van der Waals surface area contributed by atoms with Gasteiger partial charge in [-0.05, 0) is 86.1 Å². The zero-order valence-corrected chi connectivity index (χ0v) is 16.1. The van der Waals surface area contributed by atoms with Gasteiger partial charge >= 0.3 is 6.03 Å². The molecule has 3 aliphatic carbocycles. The number of phenols is 1. The summed E-state index contributed by atoms with van der Waals surface area (Å²) in [5.41, 5.74) is 1.66. The van der Waals surface area contributed by atoms with Crippen LogP contribution in [0.1, 0.15) is 49.7 Å². The molecule has 1 aromatic rings. The summed E-state index contributed by atoms with van der Waals surface area (Å²) in [7, 11) is 0. The Bertz CT molecular complexity index is 897. The second-order valence-corrected chi connectivity index (χ2v) is 9.98. The van der Waals surface area contributed by atoms with Crippen molar-refractivity contribution in [2.45, 2.75) is 55.9 Å². The molecule has 0 bridgehead atoms. The number of nitrogens with zero attached hydrogens (tertiary/aromatic N) is 1. The minimum Gasteiger partial charge on any atom is -0.508 e. The molecular weight excluding hydrogens is 354 g/mol. The SMILES string of the molecule is O=C1NC(=O)[C@]2(CC[C@@]34Cc5ccc(O)cc5[C@@]3(CCN(CC3CC3)C4)C2)N1. The fourth-order valence-corrected chi connectivity index (χ4v) is 6.93. The first-order chi connectivity index (χ1) is 13.4. The van der Waals surface area contributed by atoms with Crippen molar-refractivity contribution < 1.29 is 14.7 Å². The summed E-state index contributed by atoms with van der Waals surface area (Å²) in [5.74, 6) is 0.991. The molecule has 0 unspecified atom stereocenters. The molecule has 2 aliphatic heterocycles. The van der Waals surface area contributed by atoms with E-state index in [2.05, 4.69) is 21.6 Å². The molecule has 5 aliphatic rings. The van der Waals surface area contributed by atoms with Crippen LogP contribution in [0.2, 0.25) is 0 Å². The van der Waals surface area contributed by atoms with E-state index in [9.17, 15) is 14.7 Å². The number of aromatic hydroxyl groups is 1. The van der Waals surface area contributed by atoms with Crippen molar-refractivity contribution in [3.63, 3.8) is 0 Å². The number of fused-ring (bicyclic) bond motifs is 1. The van der Waals surface area contributed by atoms with Gasteiger partial charge in [0.2, 0.25) is 0 Å². The first-order valence-corrected chi connectivity index (χ1v) is 10.6. The molecule has 0 aromatic heterocycles. The number of benzene rings is 1. The third kappa shape index (κ3) is 2.12. The Kier molecular flexibility index (Phi) is 3.18. The topological polar surface area (TPSA) is 81.7 Å². The standard InChI is InChI=1S/C22H27N3O3/c26-16-4-3-15-10-20-5-6-22(18(27)23-19(28)24-22)12-21(20,17(15)9-16)7-8-25(13-20)11-14-1-2-14/h3-4,9,14,26H,1-2,5-8,10-13H2,(H2,23,24,27,28)/t20-,21+,22+/m0/s1. The predicted octanol–water partition coefficient (Wildman–Crippen LogP) is 2.05. The Morgan fingerprint density at radius 3 is 2.79 bits per heavy atom. The van der Waals surface area contributed by atoms with E-state index >= 15 is 0 Å². The molecule has 2 heterocycles. The summed E-state index contributed by atoms with van der Waals surface area (Å²) in [6.45, 7) is 3.28. The molecule has 3 N–H and O–H groups in total. The maximum atomic E-state index is 12.8. The molecule has 148 valence electrons. The first-order valence-electron chi connectivity index (χ1n) is 10.6. The van der Waals surface area contributed by atoms with Crippen molar-refractivity contribution in [2.75, 3.05) is 19.6 Å². The molecule has 3 amide bonds. The van der Waals surface area contributed by atoms with Crippen LogP contribution in [0.15, 0.2) is 18.2 Å². The van der Waals surface area contributed by atoms with Gasteiger partial charge in [0.05, 0.1) is 0 Å². The van der Waals surface area contributed by atoms with Crippen molar-refractivity contribution in [1.82, 2.24) is 15.5 Å². The van der Waals surface area contributed by atoms with Crippen LogP contribution >= 0.6 is 0 Å². The van der Waals surface area contributed by atoms with E-state index in [0.717, 1.165) is 38.3 Å². The Labute approximate surface area is 164 Å². The van der Waals surface area contributed by atoms with Gasteiger partial charge in [-0.3, -0.25) is 10.1 Å². The maximum absolute atomic E-state index is 12.8. The average Bonchev–Trinajstić information content (AvgIpc) is 3.36. The minimum absolute atomic E-state index is 0.0924. The molecule has 2 saturated heterocycles. The molecule has 28 heavy (non-hydrogen) atoms. The number of likely N-dealkylation sites (tertiary alicyclic amines) is 1. The average molecular weight is 381 g/mol. The van der Waals surface area contributed by atoms with E-state index in [1.54, 1.807) is 6.07 Å². The maximum Gasteiger partial charge on any atom is 0.322 e. The molecular formula is C22H27N3O3. The lowest BCUT2D eigenvalue weighted by Gasteiger charge is -2.59. The molecule has 1 spiro atoms. The molecule has 6 nitrogen and oxygen atoms in total. The van der Waals surface area contributed by atoms with Gasteiger partial charge in [0.1, 0.15) is 11.3 Å². The smallest absolute Gasteiger partial charge is 0.322 e. The van der Waals surface area contributed by atoms with Crippen LogP contribution in [-0.2, 0) is 16.6 Å². The number of amides is 3. The number of hydrogen-bond donors (Lipinski definition) is 3.